The summed E-state index contributed by atoms with van der Waals surface area (Å²) >= 11 is 0. The zero-order valence-corrected chi connectivity index (χ0v) is 14.3. The molecule has 1 saturated carbocycles. The molecule has 2 aliphatic heterocycles. The molecule has 3 aliphatic rings. The van der Waals surface area contributed by atoms with Gasteiger partial charge in [0.2, 0.25) is 11.8 Å². The van der Waals surface area contributed by atoms with E-state index in [4.69, 9.17) is 5.73 Å². The Bertz CT molecular complexity index is 448. The predicted molar refractivity (Wildman–Crippen MR) is 88.8 cm³/mol. The third-order valence-electron chi connectivity index (χ3n) is 5.75. The van der Waals surface area contributed by atoms with Gasteiger partial charge in [-0.2, -0.15) is 0 Å². The van der Waals surface area contributed by atoms with Crippen LogP contribution in [0.2, 0.25) is 0 Å². The van der Waals surface area contributed by atoms with Crippen molar-refractivity contribution in [3.63, 3.8) is 0 Å². The third-order valence-corrected chi connectivity index (χ3v) is 5.75. The fourth-order valence-corrected chi connectivity index (χ4v) is 3.69. The van der Waals surface area contributed by atoms with Crippen LogP contribution in [-0.4, -0.2) is 77.9 Å². The van der Waals surface area contributed by atoms with Crippen molar-refractivity contribution in [3.05, 3.63) is 0 Å². The van der Waals surface area contributed by atoms with Gasteiger partial charge in [-0.25, -0.2) is 0 Å². The Labute approximate surface area is 139 Å². The average molecular weight is 322 g/mol. The van der Waals surface area contributed by atoms with Crippen LogP contribution >= 0.6 is 0 Å². The van der Waals surface area contributed by atoms with Crippen molar-refractivity contribution in [1.29, 1.82) is 0 Å². The van der Waals surface area contributed by atoms with Crippen LogP contribution in [0.25, 0.3) is 0 Å². The summed E-state index contributed by atoms with van der Waals surface area (Å²) in [5.74, 6) is 0.838. The molecule has 23 heavy (non-hydrogen) atoms. The number of piperazine rings is 1. The Morgan fingerprint density at radius 1 is 1.00 bits per heavy atom. The number of likely N-dealkylation sites (N-methyl/N-ethyl adjacent to an activating group) is 1. The smallest absolute Gasteiger partial charge is 0.242 e. The maximum absolute atomic E-state index is 12.5. The highest BCUT2D eigenvalue weighted by Gasteiger charge is 2.48. The summed E-state index contributed by atoms with van der Waals surface area (Å²) < 4.78 is 0. The van der Waals surface area contributed by atoms with Crippen molar-refractivity contribution < 1.29 is 9.59 Å². The number of rotatable bonds is 4. The molecule has 6 nitrogen and oxygen atoms in total. The van der Waals surface area contributed by atoms with Gasteiger partial charge in [-0.3, -0.25) is 9.59 Å². The molecule has 0 aromatic carbocycles. The van der Waals surface area contributed by atoms with Crippen LogP contribution in [-0.2, 0) is 9.59 Å². The Morgan fingerprint density at radius 2 is 1.61 bits per heavy atom. The highest BCUT2D eigenvalue weighted by atomic mass is 16.2. The Balaban J connectivity index is 1.40. The molecule has 2 amide bonds. The molecule has 0 spiro atoms. The van der Waals surface area contributed by atoms with E-state index < -0.39 is 5.54 Å². The summed E-state index contributed by atoms with van der Waals surface area (Å²) in [7, 11) is 0. The minimum atomic E-state index is -0.554. The molecule has 0 aromatic rings. The molecule has 3 fully saturated rings. The first-order chi connectivity index (χ1) is 11.0. The number of nitrogens with two attached hydrogens (primary N) is 1. The number of carbonyl (C=O) groups excluding carboxylic acids is 2. The van der Waals surface area contributed by atoms with Gasteiger partial charge in [0, 0.05) is 45.7 Å². The second-order valence-corrected chi connectivity index (χ2v) is 7.41. The molecule has 0 aromatic heterocycles. The van der Waals surface area contributed by atoms with E-state index in [1.807, 2.05) is 9.80 Å². The van der Waals surface area contributed by atoms with E-state index in [0.29, 0.717) is 18.2 Å². The van der Waals surface area contributed by atoms with Crippen molar-refractivity contribution in [3.8, 4) is 0 Å². The molecule has 6 heteroatoms. The van der Waals surface area contributed by atoms with Crippen LogP contribution in [0.5, 0.6) is 0 Å². The lowest BCUT2D eigenvalue weighted by Gasteiger charge is -2.36. The monoisotopic (exact) mass is 322 g/mol. The highest BCUT2D eigenvalue weighted by Crippen LogP contribution is 2.35. The van der Waals surface area contributed by atoms with Gasteiger partial charge in [-0.05, 0) is 38.1 Å². The fraction of sp³-hybridized carbons (Fsp3) is 0.882. The van der Waals surface area contributed by atoms with Gasteiger partial charge in [0.25, 0.3) is 0 Å². The minimum absolute atomic E-state index is 0.123. The first-order valence-corrected chi connectivity index (χ1v) is 9.10. The lowest BCUT2D eigenvalue weighted by atomic mass is 9.92. The molecule has 1 aliphatic carbocycles. The maximum atomic E-state index is 12.5. The van der Waals surface area contributed by atoms with Crippen LogP contribution < -0.4 is 5.73 Å². The number of nitrogens with zero attached hydrogens (tertiary/aromatic N) is 3. The molecule has 2 saturated heterocycles. The molecule has 130 valence electrons. The zero-order valence-electron chi connectivity index (χ0n) is 14.3. The predicted octanol–water partition coefficient (Wildman–Crippen LogP) is 0.271. The van der Waals surface area contributed by atoms with Gasteiger partial charge in [0.05, 0.1) is 5.54 Å². The van der Waals surface area contributed by atoms with Crippen LogP contribution in [0.4, 0.5) is 0 Å². The Hall–Kier alpha value is -1.14. The van der Waals surface area contributed by atoms with Crippen LogP contribution in [0.1, 0.15) is 39.0 Å². The van der Waals surface area contributed by atoms with Gasteiger partial charge in [-0.15, -0.1) is 0 Å². The normalized spacial score (nSPS) is 25.5. The van der Waals surface area contributed by atoms with Crippen molar-refractivity contribution in [2.75, 3.05) is 45.8 Å². The van der Waals surface area contributed by atoms with Crippen LogP contribution in [0.15, 0.2) is 0 Å². The molecule has 0 atom stereocenters. The summed E-state index contributed by atoms with van der Waals surface area (Å²) in [6, 6.07) is 0. The zero-order chi connectivity index (χ0) is 16.4. The molecular formula is C17H30N4O2. The number of amides is 2. The number of piperidine rings is 1. The number of likely N-dealkylation sites (tertiary alicyclic amines) is 1. The number of hydrogen-bond donors (Lipinski definition) is 1. The molecule has 3 rings (SSSR count). The van der Waals surface area contributed by atoms with Gasteiger partial charge >= 0.3 is 0 Å². The molecule has 0 unspecified atom stereocenters. The first kappa shape index (κ1) is 16.7. The van der Waals surface area contributed by atoms with Crippen molar-refractivity contribution in [1.82, 2.24) is 14.7 Å². The third kappa shape index (κ3) is 3.86. The molecule has 0 bridgehead atoms. The Kier molecular flexibility index (Phi) is 4.92. The molecule has 2 N–H and O–H groups in total. The summed E-state index contributed by atoms with van der Waals surface area (Å²) in [5, 5.41) is 0. The average Bonchev–Trinajstić information content (AvgIpc) is 3.34. The summed E-state index contributed by atoms with van der Waals surface area (Å²) in [6.45, 7) is 8.47. The van der Waals surface area contributed by atoms with E-state index in [2.05, 4.69) is 11.8 Å². The number of carbonyl (C=O) groups is 2. The van der Waals surface area contributed by atoms with E-state index in [9.17, 15) is 9.59 Å². The summed E-state index contributed by atoms with van der Waals surface area (Å²) in [5.41, 5.74) is 5.45. The minimum Gasteiger partial charge on any atom is -0.341 e. The second kappa shape index (κ2) is 6.77. The summed E-state index contributed by atoms with van der Waals surface area (Å²) in [6.07, 6.45) is 4.16. The standard InChI is InChI=1S/C17H30N4O2/c1-2-19-9-11-20(12-10-19)15(22)13-14-3-7-21(8-4-14)16(23)17(18)5-6-17/h14H,2-13,18H2,1H3. The Morgan fingerprint density at radius 3 is 2.13 bits per heavy atom. The topological polar surface area (TPSA) is 69.9 Å². The van der Waals surface area contributed by atoms with Crippen molar-refractivity contribution in [2.24, 2.45) is 11.7 Å². The summed E-state index contributed by atoms with van der Waals surface area (Å²) in [4.78, 5) is 31.0. The van der Waals surface area contributed by atoms with Crippen LogP contribution in [0.3, 0.4) is 0 Å². The number of hydrogen-bond acceptors (Lipinski definition) is 4. The van der Waals surface area contributed by atoms with Gasteiger partial charge in [0.1, 0.15) is 0 Å². The molecular weight excluding hydrogens is 292 g/mol. The van der Waals surface area contributed by atoms with Crippen LogP contribution in [0, 0.1) is 5.92 Å². The molecule has 0 radical (unpaired) electrons. The molecule has 2 heterocycles. The maximum Gasteiger partial charge on any atom is 0.242 e. The van der Waals surface area contributed by atoms with E-state index in [-0.39, 0.29) is 5.91 Å². The second-order valence-electron chi connectivity index (χ2n) is 7.41. The van der Waals surface area contributed by atoms with Gasteiger partial charge in [-0.1, -0.05) is 6.92 Å². The van der Waals surface area contributed by atoms with Gasteiger partial charge in [0.15, 0.2) is 0 Å². The SMILES string of the molecule is CCN1CCN(C(=O)CC2CCN(C(=O)C3(N)CC3)CC2)CC1. The van der Waals surface area contributed by atoms with E-state index in [1.165, 1.54) is 0 Å². The highest BCUT2D eigenvalue weighted by molar-refractivity contribution is 5.89. The van der Waals surface area contributed by atoms with Crippen molar-refractivity contribution >= 4 is 11.8 Å². The van der Waals surface area contributed by atoms with E-state index in [1.54, 1.807) is 0 Å². The lowest BCUT2D eigenvalue weighted by molar-refractivity contribution is -0.136. The fourth-order valence-electron chi connectivity index (χ4n) is 3.69. The van der Waals surface area contributed by atoms with E-state index in [0.717, 1.165) is 71.5 Å². The largest absolute Gasteiger partial charge is 0.341 e. The quantitative estimate of drug-likeness (QED) is 0.807. The first-order valence-electron chi connectivity index (χ1n) is 9.10. The van der Waals surface area contributed by atoms with E-state index >= 15 is 0 Å². The van der Waals surface area contributed by atoms with Crippen molar-refractivity contribution in [2.45, 2.75) is 44.6 Å². The lowest BCUT2D eigenvalue weighted by Crippen LogP contribution is -2.50. The van der Waals surface area contributed by atoms with Gasteiger partial charge < -0.3 is 20.4 Å².